The van der Waals surface area contributed by atoms with Crippen molar-refractivity contribution in [2.45, 2.75) is 25.7 Å². The van der Waals surface area contributed by atoms with E-state index >= 15 is 0 Å². The summed E-state index contributed by atoms with van der Waals surface area (Å²) in [5, 5.41) is 3.76. The Morgan fingerprint density at radius 1 is 1.28 bits per heavy atom. The Morgan fingerprint density at radius 2 is 2.06 bits per heavy atom. The minimum atomic E-state index is 0.167. The Kier molecular flexibility index (Phi) is 4.82. The fourth-order valence-corrected chi connectivity index (χ4v) is 2.28. The van der Waals surface area contributed by atoms with Crippen molar-refractivity contribution in [1.29, 1.82) is 0 Å². The van der Waals surface area contributed by atoms with Crippen LogP contribution in [0.2, 0.25) is 5.02 Å². The Labute approximate surface area is 113 Å². The highest BCUT2D eigenvalue weighted by Crippen LogP contribution is 2.18. The molecule has 0 saturated carbocycles. The molecule has 1 atom stereocenters. The molecule has 0 radical (unpaired) electrons. The molecule has 0 fully saturated rings. The summed E-state index contributed by atoms with van der Waals surface area (Å²) in [6.07, 6.45) is 7.99. The minimum absolute atomic E-state index is 0.167. The summed E-state index contributed by atoms with van der Waals surface area (Å²) in [6, 6.07) is 7.75. The maximum Gasteiger partial charge on any atom is 0.223 e. The highest BCUT2D eigenvalue weighted by molar-refractivity contribution is 6.30. The average Bonchev–Trinajstić information content (AvgIpc) is 2.42. The molecule has 0 aromatic heterocycles. The van der Waals surface area contributed by atoms with Crippen molar-refractivity contribution >= 4 is 17.5 Å². The second kappa shape index (κ2) is 6.60. The van der Waals surface area contributed by atoms with Gasteiger partial charge in [0.05, 0.1) is 0 Å². The number of allylic oxidation sites excluding steroid dienone is 2. The van der Waals surface area contributed by atoms with Crippen molar-refractivity contribution in [2.75, 3.05) is 6.54 Å². The summed E-state index contributed by atoms with van der Waals surface area (Å²) in [4.78, 5) is 11.9. The molecule has 1 aliphatic rings. The van der Waals surface area contributed by atoms with Crippen molar-refractivity contribution in [3.8, 4) is 0 Å². The summed E-state index contributed by atoms with van der Waals surface area (Å²) in [7, 11) is 0. The molecule has 1 N–H and O–H groups in total. The van der Waals surface area contributed by atoms with E-state index in [-0.39, 0.29) is 11.8 Å². The lowest BCUT2D eigenvalue weighted by Gasteiger charge is -2.17. The lowest BCUT2D eigenvalue weighted by atomic mass is 9.93. The maximum atomic E-state index is 11.9. The van der Waals surface area contributed by atoms with Crippen molar-refractivity contribution in [3.63, 3.8) is 0 Å². The van der Waals surface area contributed by atoms with Crippen LogP contribution in [0.15, 0.2) is 36.4 Å². The number of hydrogen-bond acceptors (Lipinski definition) is 1. The van der Waals surface area contributed by atoms with Crippen LogP contribution in [0.25, 0.3) is 0 Å². The van der Waals surface area contributed by atoms with Crippen molar-refractivity contribution < 1.29 is 4.79 Å². The fraction of sp³-hybridized carbons (Fsp3) is 0.400. The summed E-state index contributed by atoms with van der Waals surface area (Å²) in [5.74, 6) is 0.355. The first-order chi connectivity index (χ1) is 8.75. The van der Waals surface area contributed by atoms with Gasteiger partial charge in [0.2, 0.25) is 5.91 Å². The number of nitrogens with one attached hydrogen (secondary N) is 1. The number of halogens is 1. The zero-order chi connectivity index (χ0) is 12.8. The fourth-order valence-electron chi connectivity index (χ4n) is 2.16. The molecule has 1 amide bonds. The molecule has 0 saturated heterocycles. The quantitative estimate of drug-likeness (QED) is 0.830. The van der Waals surface area contributed by atoms with Gasteiger partial charge in [-0.1, -0.05) is 35.9 Å². The van der Waals surface area contributed by atoms with Crippen LogP contribution < -0.4 is 5.32 Å². The predicted octanol–water partition coefficient (Wildman–Crippen LogP) is 3.36. The highest BCUT2D eigenvalue weighted by Gasteiger charge is 2.17. The number of hydrogen-bond donors (Lipinski definition) is 1. The van der Waals surface area contributed by atoms with Gasteiger partial charge in [-0.15, -0.1) is 0 Å². The zero-order valence-corrected chi connectivity index (χ0v) is 11.1. The van der Waals surface area contributed by atoms with E-state index < -0.39 is 0 Å². The number of rotatable bonds is 4. The third-order valence-electron chi connectivity index (χ3n) is 3.27. The van der Waals surface area contributed by atoms with E-state index in [1.54, 1.807) is 0 Å². The molecular formula is C15H18ClNO. The zero-order valence-electron chi connectivity index (χ0n) is 10.4. The molecule has 0 bridgehead atoms. The topological polar surface area (TPSA) is 29.1 Å². The van der Waals surface area contributed by atoms with Gasteiger partial charge in [-0.2, -0.15) is 0 Å². The summed E-state index contributed by atoms with van der Waals surface area (Å²) < 4.78 is 0. The monoisotopic (exact) mass is 263 g/mol. The summed E-state index contributed by atoms with van der Waals surface area (Å²) in [5.41, 5.74) is 1.20. The molecule has 0 aliphatic heterocycles. The largest absolute Gasteiger partial charge is 0.356 e. The summed E-state index contributed by atoms with van der Waals surface area (Å²) >= 11 is 5.82. The Balaban J connectivity index is 1.73. The lowest BCUT2D eigenvalue weighted by Crippen LogP contribution is -2.32. The van der Waals surface area contributed by atoms with Crippen LogP contribution in [0.4, 0.5) is 0 Å². The van der Waals surface area contributed by atoms with Gasteiger partial charge in [-0.05, 0) is 43.4 Å². The predicted molar refractivity (Wildman–Crippen MR) is 74.6 cm³/mol. The van der Waals surface area contributed by atoms with E-state index in [1.165, 1.54) is 5.56 Å². The molecule has 2 rings (SSSR count). The number of carbonyl (C=O) groups is 1. The molecule has 0 heterocycles. The average molecular weight is 264 g/mol. The van der Waals surface area contributed by atoms with Gasteiger partial charge < -0.3 is 5.32 Å². The maximum absolute atomic E-state index is 11.9. The normalized spacial score (nSPS) is 18.6. The first-order valence-electron chi connectivity index (χ1n) is 6.43. The second-order valence-corrected chi connectivity index (χ2v) is 5.09. The van der Waals surface area contributed by atoms with Crippen LogP contribution in [-0.4, -0.2) is 12.5 Å². The van der Waals surface area contributed by atoms with E-state index in [0.29, 0.717) is 6.54 Å². The van der Waals surface area contributed by atoms with Gasteiger partial charge in [0.15, 0.2) is 0 Å². The van der Waals surface area contributed by atoms with Gasteiger partial charge in [-0.25, -0.2) is 0 Å². The molecule has 1 aromatic carbocycles. The van der Waals surface area contributed by atoms with Crippen LogP contribution in [-0.2, 0) is 11.2 Å². The highest BCUT2D eigenvalue weighted by atomic mass is 35.5. The van der Waals surface area contributed by atoms with Gasteiger partial charge in [0, 0.05) is 17.5 Å². The first-order valence-corrected chi connectivity index (χ1v) is 6.80. The molecule has 1 unspecified atom stereocenters. The van der Waals surface area contributed by atoms with Crippen molar-refractivity contribution in [3.05, 3.63) is 47.0 Å². The number of benzene rings is 1. The SMILES string of the molecule is O=C(NCCc1ccc(Cl)cc1)C1CC=CCC1. The van der Waals surface area contributed by atoms with E-state index in [9.17, 15) is 4.79 Å². The van der Waals surface area contributed by atoms with Crippen LogP contribution in [0.5, 0.6) is 0 Å². The molecule has 2 nitrogen and oxygen atoms in total. The third-order valence-corrected chi connectivity index (χ3v) is 3.52. The third kappa shape index (κ3) is 3.88. The minimum Gasteiger partial charge on any atom is -0.356 e. The molecule has 0 spiro atoms. The van der Waals surface area contributed by atoms with Crippen molar-refractivity contribution in [1.82, 2.24) is 5.32 Å². The number of amides is 1. The van der Waals surface area contributed by atoms with Crippen LogP contribution in [0.1, 0.15) is 24.8 Å². The van der Waals surface area contributed by atoms with Crippen LogP contribution in [0, 0.1) is 5.92 Å². The van der Waals surface area contributed by atoms with Gasteiger partial charge >= 0.3 is 0 Å². The summed E-state index contributed by atoms with van der Waals surface area (Å²) in [6.45, 7) is 0.695. The van der Waals surface area contributed by atoms with Crippen LogP contribution >= 0.6 is 11.6 Å². The number of carbonyl (C=O) groups excluding carboxylic acids is 1. The Hall–Kier alpha value is -1.28. The van der Waals surface area contributed by atoms with E-state index in [2.05, 4.69) is 17.5 Å². The Bertz CT molecular complexity index is 425. The van der Waals surface area contributed by atoms with Gasteiger partial charge in [0.1, 0.15) is 0 Å². The van der Waals surface area contributed by atoms with E-state index in [4.69, 9.17) is 11.6 Å². The van der Waals surface area contributed by atoms with Crippen molar-refractivity contribution in [2.24, 2.45) is 5.92 Å². The molecule has 96 valence electrons. The van der Waals surface area contributed by atoms with E-state index in [0.717, 1.165) is 30.7 Å². The van der Waals surface area contributed by atoms with E-state index in [1.807, 2.05) is 24.3 Å². The molecule has 1 aliphatic carbocycles. The first kappa shape index (κ1) is 13.2. The standard InChI is InChI=1S/C15H18ClNO/c16-14-8-6-12(7-9-14)10-11-17-15(18)13-4-2-1-3-5-13/h1-2,6-9,13H,3-5,10-11H2,(H,17,18). The lowest BCUT2D eigenvalue weighted by molar-refractivity contribution is -0.125. The molecular weight excluding hydrogens is 246 g/mol. The molecule has 3 heteroatoms. The van der Waals surface area contributed by atoms with Gasteiger partial charge in [0.25, 0.3) is 0 Å². The van der Waals surface area contributed by atoms with Gasteiger partial charge in [-0.3, -0.25) is 4.79 Å². The second-order valence-electron chi connectivity index (χ2n) is 4.65. The smallest absolute Gasteiger partial charge is 0.223 e. The molecule has 18 heavy (non-hydrogen) atoms. The van der Waals surface area contributed by atoms with Crippen LogP contribution in [0.3, 0.4) is 0 Å². The Morgan fingerprint density at radius 3 is 2.72 bits per heavy atom. The molecule has 1 aromatic rings.